The quantitative estimate of drug-likeness (QED) is 0.768. The highest BCUT2D eigenvalue weighted by Crippen LogP contribution is 2.31. The van der Waals surface area contributed by atoms with E-state index in [1.165, 1.54) is 31.4 Å². The fraction of sp³-hybridized carbons (Fsp3) is 0.250. The van der Waals surface area contributed by atoms with Gasteiger partial charge in [0.15, 0.2) is 0 Å². The van der Waals surface area contributed by atoms with Crippen molar-refractivity contribution >= 4 is 31.4 Å². The fourth-order valence-electron chi connectivity index (χ4n) is 2.58. The van der Waals surface area contributed by atoms with Crippen LogP contribution in [-0.4, -0.2) is 36.8 Å². The first-order valence-electron chi connectivity index (χ1n) is 7.62. The molecule has 1 aliphatic heterocycles. The summed E-state index contributed by atoms with van der Waals surface area (Å²) in [5.74, 6) is 0.889. The number of rotatable bonds is 6. The fourth-order valence-corrected chi connectivity index (χ4v) is 4.25. The van der Waals surface area contributed by atoms with E-state index in [0.29, 0.717) is 18.8 Å². The lowest BCUT2D eigenvalue weighted by atomic mass is 10.2. The molecule has 2 N–H and O–H groups in total. The Balaban J connectivity index is 1.88. The van der Waals surface area contributed by atoms with Crippen molar-refractivity contribution in [2.24, 2.45) is 0 Å². The van der Waals surface area contributed by atoms with Crippen LogP contribution in [0.25, 0.3) is 0 Å². The second-order valence-electron chi connectivity index (χ2n) is 5.76. The number of hydrogen-bond donors (Lipinski definition) is 2. The number of fused-ring (bicyclic) bond motifs is 1. The van der Waals surface area contributed by atoms with Crippen LogP contribution in [0.1, 0.15) is 5.56 Å². The number of sulfonamides is 2. The first-order chi connectivity index (χ1) is 12.2. The minimum absolute atomic E-state index is 0.124. The molecule has 0 radical (unpaired) electrons. The summed E-state index contributed by atoms with van der Waals surface area (Å²) in [6.07, 6.45) is 1.68. The van der Waals surface area contributed by atoms with Crippen molar-refractivity contribution in [1.82, 2.24) is 0 Å². The van der Waals surface area contributed by atoms with Crippen molar-refractivity contribution in [3.8, 4) is 11.5 Å². The predicted octanol–water partition coefficient (Wildman–Crippen LogP) is 1.80. The third kappa shape index (κ3) is 4.02. The van der Waals surface area contributed by atoms with E-state index in [9.17, 15) is 16.8 Å². The van der Waals surface area contributed by atoms with Crippen LogP contribution in [0.3, 0.4) is 0 Å². The molecular weight excluding hydrogens is 380 g/mol. The van der Waals surface area contributed by atoms with Gasteiger partial charge in [-0.25, -0.2) is 16.8 Å². The van der Waals surface area contributed by atoms with Gasteiger partial charge in [0.05, 0.1) is 36.2 Å². The van der Waals surface area contributed by atoms with Crippen LogP contribution in [0.5, 0.6) is 11.5 Å². The number of methoxy groups -OCH3 is 1. The summed E-state index contributed by atoms with van der Waals surface area (Å²) in [4.78, 5) is 0.124. The molecule has 8 nitrogen and oxygen atoms in total. The largest absolute Gasteiger partial charge is 0.494 e. The van der Waals surface area contributed by atoms with E-state index in [-0.39, 0.29) is 22.0 Å². The number of anilines is 2. The summed E-state index contributed by atoms with van der Waals surface area (Å²) in [6, 6.07) is 8.97. The van der Waals surface area contributed by atoms with E-state index in [2.05, 4.69) is 9.44 Å². The predicted molar refractivity (Wildman–Crippen MR) is 97.9 cm³/mol. The molecule has 0 fully saturated rings. The van der Waals surface area contributed by atoms with E-state index in [1.807, 2.05) is 0 Å². The smallest absolute Gasteiger partial charge is 0.261 e. The molecule has 0 aliphatic carbocycles. The van der Waals surface area contributed by atoms with Crippen LogP contribution >= 0.6 is 0 Å². The molecule has 3 rings (SSSR count). The van der Waals surface area contributed by atoms with Crippen molar-refractivity contribution in [3.63, 3.8) is 0 Å². The van der Waals surface area contributed by atoms with Gasteiger partial charge in [0, 0.05) is 12.5 Å². The summed E-state index contributed by atoms with van der Waals surface area (Å²) in [5, 5.41) is 0. The Morgan fingerprint density at radius 1 is 1.04 bits per heavy atom. The summed E-state index contributed by atoms with van der Waals surface area (Å²) in [6.45, 7) is 0.540. The van der Waals surface area contributed by atoms with Gasteiger partial charge in [-0.15, -0.1) is 0 Å². The summed E-state index contributed by atoms with van der Waals surface area (Å²) >= 11 is 0. The molecule has 2 aromatic rings. The lowest BCUT2D eigenvalue weighted by molar-refractivity contribution is 0.356. The SMILES string of the molecule is COc1cc(NS(=O)(=O)c2ccc3c(c2)CCO3)ccc1NS(C)(=O)=O. The van der Waals surface area contributed by atoms with Crippen molar-refractivity contribution in [2.45, 2.75) is 11.3 Å². The third-order valence-corrected chi connectivity index (χ3v) is 5.69. The van der Waals surface area contributed by atoms with E-state index < -0.39 is 20.0 Å². The summed E-state index contributed by atoms with van der Waals surface area (Å²) < 4.78 is 63.3. The van der Waals surface area contributed by atoms with Crippen LogP contribution in [0.4, 0.5) is 11.4 Å². The lowest BCUT2D eigenvalue weighted by Gasteiger charge is -2.13. The monoisotopic (exact) mass is 398 g/mol. The molecule has 26 heavy (non-hydrogen) atoms. The molecule has 0 saturated carbocycles. The van der Waals surface area contributed by atoms with Gasteiger partial charge in [-0.05, 0) is 35.9 Å². The number of benzene rings is 2. The number of hydrogen-bond acceptors (Lipinski definition) is 6. The average molecular weight is 398 g/mol. The van der Waals surface area contributed by atoms with Gasteiger partial charge in [0.25, 0.3) is 10.0 Å². The average Bonchev–Trinajstić information content (AvgIpc) is 3.02. The first kappa shape index (κ1) is 18.3. The Morgan fingerprint density at radius 3 is 2.50 bits per heavy atom. The van der Waals surface area contributed by atoms with E-state index in [4.69, 9.17) is 9.47 Å². The molecular formula is C16H18N2O6S2. The Bertz CT molecular complexity index is 1050. The first-order valence-corrected chi connectivity index (χ1v) is 11.0. The van der Waals surface area contributed by atoms with Gasteiger partial charge in [-0.1, -0.05) is 0 Å². The van der Waals surface area contributed by atoms with Crippen LogP contribution in [0.15, 0.2) is 41.3 Å². The van der Waals surface area contributed by atoms with Gasteiger partial charge in [0.2, 0.25) is 10.0 Å². The van der Waals surface area contributed by atoms with E-state index >= 15 is 0 Å². The highest BCUT2D eigenvalue weighted by atomic mass is 32.2. The van der Waals surface area contributed by atoms with Crippen LogP contribution < -0.4 is 18.9 Å². The van der Waals surface area contributed by atoms with Crippen molar-refractivity contribution in [1.29, 1.82) is 0 Å². The molecule has 0 saturated heterocycles. The van der Waals surface area contributed by atoms with Crippen LogP contribution in [-0.2, 0) is 26.5 Å². The zero-order valence-electron chi connectivity index (χ0n) is 14.1. The minimum Gasteiger partial charge on any atom is -0.494 e. The van der Waals surface area contributed by atoms with Gasteiger partial charge >= 0.3 is 0 Å². The van der Waals surface area contributed by atoms with Crippen molar-refractivity contribution in [3.05, 3.63) is 42.0 Å². The molecule has 0 atom stereocenters. The second-order valence-corrected chi connectivity index (χ2v) is 9.19. The van der Waals surface area contributed by atoms with E-state index in [0.717, 1.165) is 11.8 Å². The van der Waals surface area contributed by atoms with Gasteiger partial charge in [0.1, 0.15) is 11.5 Å². The Morgan fingerprint density at radius 2 is 1.81 bits per heavy atom. The maximum absolute atomic E-state index is 12.6. The molecule has 0 bridgehead atoms. The lowest BCUT2D eigenvalue weighted by Crippen LogP contribution is -2.14. The number of nitrogens with one attached hydrogen (secondary N) is 2. The Kier molecular flexibility index (Phi) is 4.72. The molecule has 0 unspecified atom stereocenters. The molecule has 0 aromatic heterocycles. The summed E-state index contributed by atoms with van der Waals surface area (Å²) in [5.41, 5.74) is 1.31. The number of ether oxygens (including phenoxy) is 2. The Hall–Kier alpha value is -2.46. The van der Waals surface area contributed by atoms with Gasteiger partial charge in [-0.3, -0.25) is 9.44 Å². The summed E-state index contributed by atoms with van der Waals surface area (Å²) in [7, 11) is -5.93. The molecule has 140 valence electrons. The molecule has 0 spiro atoms. The zero-order valence-corrected chi connectivity index (χ0v) is 15.8. The Labute approximate surface area is 152 Å². The third-order valence-electron chi connectivity index (χ3n) is 3.72. The second kappa shape index (κ2) is 6.69. The van der Waals surface area contributed by atoms with Crippen LogP contribution in [0.2, 0.25) is 0 Å². The maximum atomic E-state index is 12.6. The molecule has 1 aliphatic rings. The van der Waals surface area contributed by atoms with E-state index in [1.54, 1.807) is 12.1 Å². The van der Waals surface area contributed by atoms with Gasteiger partial charge in [-0.2, -0.15) is 0 Å². The normalized spacial score (nSPS) is 13.6. The van der Waals surface area contributed by atoms with Crippen molar-refractivity contribution < 1.29 is 26.3 Å². The van der Waals surface area contributed by atoms with Gasteiger partial charge < -0.3 is 9.47 Å². The topological polar surface area (TPSA) is 111 Å². The van der Waals surface area contributed by atoms with Crippen molar-refractivity contribution in [2.75, 3.05) is 29.4 Å². The molecule has 10 heteroatoms. The standard InChI is InChI=1S/C16H18N2O6S2/c1-23-16-10-12(3-5-14(16)18-25(2,19)20)17-26(21,22)13-4-6-15-11(9-13)7-8-24-15/h3-6,9-10,17-18H,7-8H2,1-2H3. The highest BCUT2D eigenvalue weighted by Gasteiger charge is 2.20. The minimum atomic E-state index is -3.81. The zero-order chi connectivity index (χ0) is 18.9. The molecule has 1 heterocycles. The highest BCUT2D eigenvalue weighted by molar-refractivity contribution is 7.92. The molecule has 2 aromatic carbocycles. The van der Waals surface area contributed by atoms with Crippen LogP contribution in [0, 0.1) is 0 Å². The maximum Gasteiger partial charge on any atom is 0.261 e. The molecule has 0 amide bonds.